The monoisotopic (exact) mass is 386 g/mol. The fourth-order valence-corrected chi connectivity index (χ4v) is 4.40. The van der Waals surface area contributed by atoms with E-state index in [-0.39, 0.29) is 35.8 Å². The molecule has 4 rings (SSSR count). The Hall–Kier alpha value is -2.48. The molecule has 0 bridgehead atoms. The number of ether oxygens (including phenoxy) is 1. The molecule has 0 unspecified atom stereocenters. The van der Waals surface area contributed by atoms with Gasteiger partial charge in [-0.05, 0) is 25.0 Å². The first-order valence-corrected chi connectivity index (χ1v) is 9.90. The molecule has 3 aliphatic heterocycles. The van der Waals surface area contributed by atoms with Crippen molar-refractivity contribution in [3.63, 3.8) is 0 Å². The highest BCUT2D eigenvalue weighted by molar-refractivity contribution is 5.94. The Morgan fingerprint density at radius 2 is 1.82 bits per heavy atom. The maximum Gasteiger partial charge on any atom is 0.253 e. The van der Waals surface area contributed by atoms with E-state index >= 15 is 0 Å². The van der Waals surface area contributed by atoms with E-state index in [1.54, 1.807) is 36.5 Å². The van der Waals surface area contributed by atoms with E-state index in [9.17, 15) is 14.4 Å². The van der Waals surface area contributed by atoms with Crippen molar-refractivity contribution in [3.05, 3.63) is 30.1 Å². The van der Waals surface area contributed by atoms with E-state index < -0.39 is 0 Å². The first-order chi connectivity index (χ1) is 13.5. The van der Waals surface area contributed by atoms with Gasteiger partial charge in [-0.15, -0.1) is 0 Å². The summed E-state index contributed by atoms with van der Waals surface area (Å²) in [5.74, 6) is 0.105. The number of likely N-dealkylation sites (N-methyl/N-ethyl adjacent to an activating group) is 1. The number of amides is 3. The molecule has 0 aliphatic carbocycles. The number of carbonyl (C=O) groups excluding carboxylic acids is 3. The first-order valence-electron chi connectivity index (χ1n) is 9.90. The summed E-state index contributed by atoms with van der Waals surface area (Å²) in [5.41, 5.74) is 0.629. The number of piperidine rings is 1. The van der Waals surface area contributed by atoms with Crippen LogP contribution in [0.2, 0.25) is 0 Å². The quantitative estimate of drug-likeness (QED) is 0.734. The fraction of sp³-hybridized carbons (Fsp3) is 0.600. The Bertz CT molecular complexity index is 748. The topological polar surface area (TPSA) is 83.0 Å². The second kappa shape index (κ2) is 7.87. The van der Waals surface area contributed by atoms with Gasteiger partial charge in [0, 0.05) is 57.1 Å². The molecule has 150 valence electrons. The molecule has 8 heteroatoms. The third kappa shape index (κ3) is 3.61. The maximum atomic E-state index is 13.0. The van der Waals surface area contributed by atoms with Gasteiger partial charge in [0.25, 0.3) is 5.91 Å². The van der Waals surface area contributed by atoms with Gasteiger partial charge < -0.3 is 19.4 Å². The zero-order valence-corrected chi connectivity index (χ0v) is 16.1. The Kier molecular flexibility index (Phi) is 5.30. The summed E-state index contributed by atoms with van der Waals surface area (Å²) in [6.07, 6.45) is 4.86. The molecule has 28 heavy (non-hydrogen) atoms. The normalized spacial score (nSPS) is 26.2. The van der Waals surface area contributed by atoms with Gasteiger partial charge in [-0.2, -0.15) is 0 Å². The highest BCUT2D eigenvalue weighted by atomic mass is 16.5. The average Bonchev–Trinajstić information content (AvgIpc) is 3.11. The van der Waals surface area contributed by atoms with Crippen molar-refractivity contribution < 1.29 is 19.1 Å². The van der Waals surface area contributed by atoms with Crippen LogP contribution in [0.25, 0.3) is 0 Å². The van der Waals surface area contributed by atoms with Gasteiger partial charge in [0.1, 0.15) is 0 Å². The predicted octanol–water partition coefficient (Wildman–Crippen LogP) is 0.392. The lowest BCUT2D eigenvalue weighted by atomic mass is 9.95. The third-order valence-corrected chi connectivity index (χ3v) is 6.15. The smallest absolute Gasteiger partial charge is 0.253 e. The van der Waals surface area contributed by atoms with Gasteiger partial charge >= 0.3 is 0 Å². The van der Waals surface area contributed by atoms with Crippen LogP contribution in [-0.2, 0) is 14.3 Å². The largest absolute Gasteiger partial charge is 0.374 e. The van der Waals surface area contributed by atoms with Crippen LogP contribution >= 0.6 is 0 Å². The number of hydrogen-bond donors (Lipinski definition) is 0. The van der Waals surface area contributed by atoms with Crippen molar-refractivity contribution in [2.75, 3.05) is 39.8 Å². The van der Waals surface area contributed by atoms with Crippen LogP contribution in [0.15, 0.2) is 24.5 Å². The van der Waals surface area contributed by atoms with E-state index in [1.807, 2.05) is 9.80 Å². The SMILES string of the molecule is CN1C(=O)CCO[C@H]2CN(C(=O)C3CCN(C(=O)c4ccncc4)CC3)C[C@@H]21. The molecule has 3 aliphatic rings. The number of fused-ring (bicyclic) bond motifs is 1. The second-order valence-corrected chi connectivity index (χ2v) is 7.78. The highest BCUT2D eigenvalue weighted by Crippen LogP contribution is 2.27. The van der Waals surface area contributed by atoms with Crippen LogP contribution in [0.5, 0.6) is 0 Å². The molecule has 1 aromatic rings. The van der Waals surface area contributed by atoms with E-state index in [0.717, 1.165) is 0 Å². The fourth-order valence-electron chi connectivity index (χ4n) is 4.40. The molecule has 0 radical (unpaired) electrons. The van der Waals surface area contributed by atoms with Crippen molar-refractivity contribution in [1.82, 2.24) is 19.7 Å². The maximum absolute atomic E-state index is 13.0. The van der Waals surface area contributed by atoms with Crippen molar-refractivity contribution in [2.24, 2.45) is 5.92 Å². The molecule has 0 spiro atoms. The van der Waals surface area contributed by atoms with E-state index in [0.29, 0.717) is 57.6 Å². The molecule has 4 heterocycles. The molecule has 0 saturated carbocycles. The molecule has 3 amide bonds. The Labute approximate surface area is 164 Å². The van der Waals surface area contributed by atoms with Gasteiger partial charge in [-0.25, -0.2) is 0 Å². The second-order valence-electron chi connectivity index (χ2n) is 7.78. The van der Waals surface area contributed by atoms with Crippen LogP contribution in [0, 0.1) is 5.92 Å². The number of carbonyl (C=O) groups is 3. The lowest BCUT2D eigenvalue weighted by Crippen LogP contribution is -2.45. The molecule has 8 nitrogen and oxygen atoms in total. The number of nitrogens with zero attached hydrogens (tertiary/aromatic N) is 4. The summed E-state index contributed by atoms with van der Waals surface area (Å²) in [7, 11) is 1.80. The minimum Gasteiger partial charge on any atom is -0.374 e. The van der Waals surface area contributed by atoms with Crippen molar-refractivity contribution >= 4 is 17.7 Å². The first kappa shape index (κ1) is 18.9. The molecule has 3 saturated heterocycles. The minimum atomic E-state index is -0.103. The lowest BCUT2D eigenvalue weighted by Gasteiger charge is -2.33. The Morgan fingerprint density at radius 1 is 1.11 bits per heavy atom. The number of pyridine rings is 1. The third-order valence-electron chi connectivity index (χ3n) is 6.15. The summed E-state index contributed by atoms with van der Waals surface area (Å²) in [6.45, 7) is 2.64. The van der Waals surface area contributed by atoms with Crippen molar-refractivity contribution in [3.8, 4) is 0 Å². The average molecular weight is 386 g/mol. The number of likely N-dealkylation sites (tertiary alicyclic amines) is 2. The number of rotatable bonds is 2. The number of aromatic nitrogens is 1. The van der Waals surface area contributed by atoms with Crippen LogP contribution in [0.3, 0.4) is 0 Å². The minimum absolute atomic E-state index is 0.00900. The van der Waals surface area contributed by atoms with Crippen LogP contribution in [-0.4, -0.2) is 89.4 Å². The van der Waals surface area contributed by atoms with Gasteiger partial charge in [0.05, 0.1) is 25.2 Å². The zero-order valence-electron chi connectivity index (χ0n) is 16.1. The van der Waals surface area contributed by atoms with E-state index in [4.69, 9.17) is 4.74 Å². The summed E-state index contributed by atoms with van der Waals surface area (Å²) >= 11 is 0. The highest BCUT2D eigenvalue weighted by Gasteiger charge is 2.43. The van der Waals surface area contributed by atoms with E-state index in [1.165, 1.54) is 0 Å². The summed E-state index contributed by atoms with van der Waals surface area (Å²) in [5, 5.41) is 0. The Balaban J connectivity index is 1.33. The van der Waals surface area contributed by atoms with Crippen molar-refractivity contribution in [1.29, 1.82) is 0 Å². The summed E-state index contributed by atoms with van der Waals surface area (Å²) < 4.78 is 5.82. The predicted molar refractivity (Wildman–Crippen MR) is 100 cm³/mol. The molecule has 3 fully saturated rings. The van der Waals surface area contributed by atoms with E-state index in [2.05, 4.69) is 4.98 Å². The molecule has 1 aromatic heterocycles. The standard InChI is InChI=1S/C20H26N4O4/c1-22-16-12-24(13-17(16)28-11-6-18(22)25)20(27)15-4-9-23(10-5-15)19(26)14-2-7-21-8-3-14/h2-3,7-8,15-17H,4-6,9-13H2,1H3/t16-,17-/m0/s1. The van der Waals surface area contributed by atoms with Gasteiger partial charge in [0.2, 0.25) is 11.8 Å². The number of hydrogen-bond acceptors (Lipinski definition) is 5. The summed E-state index contributed by atoms with van der Waals surface area (Å²) in [4.78, 5) is 47.0. The van der Waals surface area contributed by atoms with Crippen molar-refractivity contribution in [2.45, 2.75) is 31.4 Å². The lowest BCUT2D eigenvalue weighted by molar-refractivity contribution is -0.137. The summed E-state index contributed by atoms with van der Waals surface area (Å²) in [6, 6.07) is 3.37. The molecule has 0 N–H and O–H groups in total. The van der Waals surface area contributed by atoms with Gasteiger partial charge in [-0.3, -0.25) is 19.4 Å². The van der Waals surface area contributed by atoms with Gasteiger partial charge in [-0.1, -0.05) is 0 Å². The zero-order chi connectivity index (χ0) is 19.7. The van der Waals surface area contributed by atoms with Crippen LogP contribution < -0.4 is 0 Å². The molecule has 2 atom stereocenters. The molecular weight excluding hydrogens is 360 g/mol. The van der Waals surface area contributed by atoms with Crippen LogP contribution in [0.1, 0.15) is 29.6 Å². The van der Waals surface area contributed by atoms with Crippen LogP contribution in [0.4, 0.5) is 0 Å². The molecule has 0 aromatic carbocycles. The van der Waals surface area contributed by atoms with Gasteiger partial charge in [0.15, 0.2) is 0 Å². The Morgan fingerprint density at radius 3 is 2.54 bits per heavy atom. The molecular formula is C20H26N4O4.